The van der Waals surface area contributed by atoms with E-state index in [1.54, 1.807) is 40.7 Å². The lowest BCUT2D eigenvalue weighted by Gasteiger charge is -2.20. The molecule has 0 bridgehead atoms. The average molecular weight is 426 g/mol. The Morgan fingerprint density at radius 3 is 2.13 bits per heavy atom. The van der Waals surface area contributed by atoms with E-state index in [1.807, 2.05) is 12.1 Å². The molecule has 6 nitrogen and oxygen atoms in total. The maximum atomic E-state index is 12.8. The second kappa shape index (κ2) is 10.4. The number of nitrogens with zero attached hydrogens (tertiary/aromatic N) is 2. The van der Waals surface area contributed by atoms with Crippen LogP contribution >= 0.6 is 0 Å². The molecule has 158 valence electrons. The van der Waals surface area contributed by atoms with E-state index in [9.17, 15) is 13.2 Å². The summed E-state index contributed by atoms with van der Waals surface area (Å²) in [5.41, 5.74) is 2.52. The molecule has 0 atom stereocenters. The monoisotopic (exact) mass is 425 g/mol. The largest absolute Gasteiger partial charge is 0.326 e. The lowest BCUT2D eigenvalue weighted by atomic mass is 10.1. The van der Waals surface area contributed by atoms with Crippen molar-refractivity contribution >= 4 is 21.6 Å². The van der Waals surface area contributed by atoms with Crippen LogP contribution in [0.5, 0.6) is 0 Å². The highest BCUT2D eigenvalue weighted by atomic mass is 32.2. The van der Waals surface area contributed by atoms with Gasteiger partial charge in [-0.05, 0) is 54.7 Å². The van der Waals surface area contributed by atoms with Gasteiger partial charge in [-0.3, -0.25) is 4.79 Å². The molecule has 1 saturated heterocycles. The van der Waals surface area contributed by atoms with Gasteiger partial charge in [0.15, 0.2) is 0 Å². The standard InChI is InChI=1S/C23H27N3O3S/c24-16-15-20-5-10-21(11-6-20)25-23(27)14-9-19-7-12-22(13-8-19)30(28,29)26-17-3-1-2-4-18-26/h5-8,10-13H,1-4,9,14-15,17-18H2,(H,25,27). The molecule has 0 unspecified atom stereocenters. The summed E-state index contributed by atoms with van der Waals surface area (Å²) in [6.07, 6.45) is 5.16. The van der Waals surface area contributed by atoms with Crippen molar-refractivity contribution in [3.8, 4) is 6.07 Å². The molecular formula is C23H27N3O3S. The summed E-state index contributed by atoms with van der Waals surface area (Å²) in [4.78, 5) is 12.5. The van der Waals surface area contributed by atoms with Gasteiger partial charge in [-0.15, -0.1) is 0 Å². The van der Waals surface area contributed by atoms with Gasteiger partial charge in [0.2, 0.25) is 15.9 Å². The molecule has 1 heterocycles. The Balaban J connectivity index is 1.53. The molecule has 3 rings (SSSR count). The van der Waals surface area contributed by atoms with E-state index < -0.39 is 10.0 Å². The summed E-state index contributed by atoms with van der Waals surface area (Å²) < 4.78 is 27.2. The molecule has 2 aromatic rings. The zero-order valence-corrected chi connectivity index (χ0v) is 17.8. The highest BCUT2D eigenvalue weighted by Crippen LogP contribution is 2.21. The summed E-state index contributed by atoms with van der Waals surface area (Å²) in [7, 11) is -3.45. The Morgan fingerprint density at radius 1 is 0.933 bits per heavy atom. The Labute approximate surface area is 178 Å². The minimum absolute atomic E-state index is 0.107. The maximum absolute atomic E-state index is 12.8. The van der Waals surface area contributed by atoms with E-state index in [-0.39, 0.29) is 5.91 Å². The molecule has 0 aliphatic carbocycles. The van der Waals surface area contributed by atoms with E-state index in [2.05, 4.69) is 11.4 Å². The van der Waals surface area contributed by atoms with Crippen LogP contribution < -0.4 is 5.32 Å². The number of carbonyl (C=O) groups is 1. The molecule has 30 heavy (non-hydrogen) atoms. The van der Waals surface area contributed by atoms with Crippen LogP contribution in [-0.2, 0) is 27.7 Å². The van der Waals surface area contributed by atoms with Gasteiger partial charge in [0.05, 0.1) is 17.4 Å². The number of amides is 1. The minimum Gasteiger partial charge on any atom is -0.326 e. The fourth-order valence-electron chi connectivity index (χ4n) is 3.54. The van der Waals surface area contributed by atoms with Gasteiger partial charge in [-0.25, -0.2) is 8.42 Å². The van der Waals surface area contributed by atoms with Crippen LogP contribution in [0.15, 0.2) is 53.4 Å². The predicted molar refractivity (Wildman–Crippen MR) is 116 cm³/mol. The quantitative estimate of drug-likeness (QED) is 0.729. The molecule has 0 aromatic heterocycles. The molecule has 1 fully saturated rings. The molecule has 1 amide bonds. The fraction of sp³-hybridized carbons (Fsp3) is 0.391. The first-order valence-electron chi connectivity index (χ1n) is 10.3. The van der Waals surface area contributed by atoms with Crippen molar-refractivity contribution in [3.63, 3.8) is 0 Å². The van der Waals surface area contributed by atoms with E-state index in [1.165, 1.54) is 0 Å². The van der Waals surface area contributed by atoms with Crippen LogP contribution in [0, 0.1) is 11.3 Å². The van der Waals surface area contributed by atoms with Crippen LogP contribution in [0.4, 0.5) is 5.69 Å². The summed E-state index contributed by atoms with van der Waals surface area (Å²) in [6.45, 7) is 1.17. The Bertz CT molecular complexity index is 985. The van der Waals surface area contributed by atoms with E-state index >= 15 is 0 Å². The number of sulfonamides is 1. The third-order valence-corrected chi connectivity index (χ3v) is 7.20. The topological polar surface area (TPSA) is 90.3 Å². The van der Waals surface area contributed by atoms with Crippen molar-refractivity contribution in [3.05, 3.63) is 59.7 Å². The molecule has 0 radical (unpaired) electrons. The first-order valence-corrected chi connectivity index (χ1v) is 11.8. The van der Waals surface area contributed by atoms with Gasteiger partial charge in [-0.1, -0.05) is 37.1 Å². The average Bonchev–Trinajstić information content (AvgIpc) is 3.04. The van der Waals surface area contributed by atoms with E-state index in [0.29, 0.717) is 42.9 Å². The first kappa shape index (κ1) is 22.0. The molecule has 1 aliphatic rings. The third kappa shape index (κ3) is 5.91. The first-order chi connectivity index (χ1) is 14.5. The SMILES string of the molecule is N#CCc1ccc(NC(=O)CCc2ccc(S(=O)(=O)N3CCCCCC3)cc2)cc1. The summed E-state index contributed by atoms with van der Waals surface area (Å²) >= 11 is 0. The maximum Gasteiger partial charge on any atom is 0.243 e. The smallest absolute Gasteiger partial charge is 0.243 e. The van der Waals surface area contributed by atoms with Crippen LogP contribution in [0.3, 0.4) is 0 Å². The van der Waals surface area contributed by atoms with Crippen LogP contribution in [0.2, 0.25) is 0 Å². The van der Waals surface area contributed by atoms with Crippen LogP contribution in [-0.4, -0.2) is 31.7 Å². The number of hydrogen-bond acceptors (Lipinski definition) is 4. The number of nitriles is 1. The lowest BCUT2D eigenvalue weighted by Crippen LogP contribution is -2.31. The second-order valence-corrected chi connectivity index (χ2v) is 9.48. The van der Waals surface area contributed by atoms with Crippen molar-refractivity contribution in [2.24, 2.45) is 0 Å². The minimum atomic E-state index is -3.45. The van der Waals surface area contributed by atoms with E-state index in [0.717, 1.165) is 36.8 Å². The normalized spacial score (nSPS) is 15.2. The molecule has 0 spiro atoms. The van der Waals surface area contributed by atoms with Gasteiger partial charge < -0.3 is 5.32 Å². The van der Waals surface area contributed by atoms with Gasteiger partial charge in [0.1, 0.15) is 0 Å². The Hall–Kier alpha value is -2.69. The van der Waals surface area contributed by atoms with Crippen LogP contribution in [0.25, 0.3) is 0 Å². The number of rotatable bonds is 7. The zero-order valence-electron chi connectivity index (χ0n) is 17.0. The van der Waals surface area contributed by atoms with Crippen molar-refractivity contribution in [1.82, 2.24) is 4.31 Å². The number of aryl methyl sites for hydroxylation is 1. The van der Waals surface area contributed by atoms with Crippen molar-refractivity contribution in [1.29, 1.82) is 5.26 Å². The van der Waals surface area contributed by atoms with Crippen molar-refractivity contribution in [2.45, 2.75) is 49.8 Å². The number of hydrogen-bond donors (Lipinski definition) is 1. The number of anilines is 1. The molecular weight excluding hydrogens is 398 g/mol. The summed E-state index contributed by atoms with van der Waals surface area (Å²) in [5, 5.41) is 11.5. The van der Waals surface area contributed by atoms with Crippen molar-refractivity contribution in [2.75, 3.05) is 18.4 Å². The summed E-state index contributed by atoms with van der Waals surface area (Å²) in [6, 6.07) is 16.2. The molecule has 1 aliphatic heterocycles. The molecule has 7 heteroatoms. The number of nitrogens with one attached hydrogen (secondary N) is 1. The predicted octanol–water partition coefficient (Wildman–Crippen LogP) is 3.89. The van der Waals surface area contributed by atoms with Gasteiger partial charge >= 0.3 is 0 Å². The number of carbonyl (C=O) groups excluding carboxylic acids is 1. The zero-order chi connectivity index (χ0) is 21.4. The third-order valence-electron chi connectivity index (χ3n) is 5.29. The van der Waals surface area contributed by atoms with Crippen LogP contribution in [0.1, 0.15) is 43.2 Å². The highest BCUT2D eigenvalue weighted by Gasteiger charge is 2.24. The molecule has 1 N–H and O–H groups in total. The van der Waals surface area contributed by atoms with Gasteiger partial charge in [-0.2, -0.15) is 9.57 Å². The lowest BCUT2D eigenvalue weighted by molar-refractivity contribution is -0.116. The second-order valence-electron chi connectivity index (χ2n) is 7.54. The number of benzene rings is 2. The molecule has 2 aromatic carbocycles. The summed E-state index contributed by atoms with van der Waals surface area (Å²) in [5.74, 6) is -0.107. The van der Waals surface area contributed by atoms with Gasteiger partial charge in [0, 0.05) is 25.2 Å². The van der Waals surface area contributed by atoms with Gasteiger partial charge in [0.25, 0.3) is 0 Å². The Morgan fingerprint density at radius 2 is 1.53 bits per heavy atom. The molecule has 0 saturated carbocycles. The van der Waals surface area contributed by atoms with E-state index in [4.69, 9.17) is 5.26 Å². The Kier molecular flexibility index (Phi) is 7.61. The highest BCUT2D eigenvalue weighted by molar-refractivity contribution is 7.89. The van der Waals surface area contributed by atoms with Crippen molar-refractivity contribution < 1.29 is 13.2 Å². The fourth-order valence-corrected chi connectivity index (χ4v) is 5.05.